The van der Waals surface area contributed by atoms with Gasteiger partial charge in [0.15, 0.2) is 23.1 Å². The zero-order valence-electron chi connectivity index (χ0n) is 40.1. The molecule has 0 amide bonds. The lowest BCUT2D eigenvalue weighted by atomic mass is 10.0. The number of hydrogen-bond acceptors (Lipinski definition) is 6. The molecule has 0 unspecified atom stereocenters. The lowest BCUT2D eigenvalue weighted by Crippen LogP contribution is -2.11. The maximum atomic E-state index is 13.9. The zero-order valence-corrected chi connectivity index (χ0v) is 40.1. The molecule has 0 bridgehead atoms. The molecule has 0 atom stereocenters. The van der Waals surface area contributed by atoms with E-state index in [-0.39, 0.29) is 18.0 Å². The fourth-order valence-electron chi connectivity index (χ4n) is 7.85. The van der Waals surface area contributed by atoms with Crippen LogP contribution in [0, 0.1) is 0 Å². The van der Waals surface area contributed by atoms with Gasteiger partial charge in [0.25, 0.3) is 0 Å². The molecule has 348 valence electrons. The molecule has 2 aromatic rings. The van der Waals surface area contributed by atoms with Gasteiger partial charge < -0.3 is 18.9 Å². The summed E-state index contributed by atoms with van der Waals surface area (Å²) in [5.41, 5.74) is 0.936. The highest BCUT2D eigenvalue weighted by atomic mass is 16.5. The SMILES string of the molecule is CCCCCCCCCCOc1ccc(C(=O)CC(=O)c2cc(OCCCCCCCCCC)c(OCCCCCCCCCC)c(OCCCCCCCCCC)c2)cc1. The van der Waals surface area contributed by atoms with Crippen LogP contribution in [-0.4, -0.2) is 38.0 Å². The van der Waals surface area contributed by atoms with Crippen LogP contribution in [0.15, 0.2) is 36.4 Å². The first-order valence-corrected chi connectivity index (χ1v) is 25.9. The molecule has 2 rings (SSSR count). The molecule has 0 aliphatic carbocycles. The Hall–Kier alpha value is -3.02. The number of rotatable bonds is 44. The van der Waals surface area contributed by atoms with E-state index in [1.165, 1.54) is 161 Å². The number of ether oxygens (including phenoxy) is 4. The van der Waals surface area contributed by atoms with Crippen LogP contribution in [0.4, 0.5) is 0 Å². The normalized spacial score (nSPS) is 11.2. The number of ketones is 2. The second kappa shape index (κ2) is 38.6. The number of unbranched alkanes of at least 4 members (excludes halogenated alkanes) is 28. The number of carbonyl (C=O) groups is 2. The largest absolute Gasteiger partial charge is 0.494 e. The van der Waals surface area contributed by atoms with E-state index in [4.69, 9.17) is 18.9 Å². The van der Waals surface area contributed by atoms with Gasteiger partial charge in [0.2, 0.25) is 5.75 Å². The molecule has 6 heteroatoms. The number of hydrogen-bond donors (Lipinski definition) is 0. The number of Topliss-reactive ketones (excluding diaryl/α,β-unsaturated/α-hetero) is 2. The van der Waals surface area contributed by atoms with Gasteiger partial charge in [0.1, 0.15) is 5.75 Å². The van der Waals surface area contributed by atoms with E-state index in [0.29, 0.717) is 54.8 Å². The van der Waals surface area contributed by atoms with Gasteiger partial charge in [-0.15, -0.1) is 0 Å². The summed E-state index contributed by atoms with van der Waals surface area (Å²) in [4.78, 5) is 27.4. The van der Waals surface area contributed by atoms with Crippen LogP contribution in [-0.2, 0) is 0 Å². The number of carbonyl (C=O) groups excluding carboxylic acids is 2. The summed E-state index contributed by atoms with van der Waals surface area (Å²) in [5.74, 6) is 1.98. The topological polar surface area (TPSA) is 71.1 Å². The van der Waals surface area contributed by atoms with Crippen LogP contribution in [0.2, 0.25) is 0 Å². The molecule has 0 aliphatic heterocycles. The standard InChI is InChI=1S/C55H92O6/c1-5-9-13-17-21-25-29-33-41-58-50-39-37-48(38-40-50)51(56)47-52(57)49-45-53(59-42-34-30-26-22-18-14-10-6-2)55(61-44-36-32-28-24-20-16-12-8-4)54(46-49)60-43-35-31-27-23-19-15-11-7-3/h37-40,45-46H,5-36,41-44,47H2,1-4H3. The second-order valence-corrected chi connectivity index (χ2v) is 17.6. The van der Waals surface area contributed by atoms with E-state index in [0.717, 1.165) is 50.7 Å². The van der Waals surface area contributed by atoms with Gasteiger partial charge in [-0.1, -0.05) is 207 Å². The van der Waals surface area contributed by atoms with Gasteiger partial charge in [0.05, 0.1) is 32.8 Å². The van der Waals surface area contributed by atoms with Crippen LogP contribution >= 0.6 is 0 Å². The molecule has 0 spiro atoms. The van der Waals surface area contributed by atoms with Crippen LogP contribution < -0.4 is 18.9 Å². The van der Waals surface area contributed by atoms with Crippen molar-refractivity contribution in [3.8, 4) is 23.0 Å². The molecule has 0 heterocycles. The predicted molar refractivity (Wildman–Crippen MR) is 259 cm³/mol. The smallest absolute Gasteiger partial charge is 0.203 e. The summed E-state index contributed by atoms with van der Waals surface area (Å²) in [6.45, 7) is 11.4. The quantitative estimate of drug-likeness (QED) is 0.0376. The molecule has 0 fully saturated rings. The van der Waals surface area contributed by atoms with Gasteiger partial charge in [0, 0.05) is 11.1 Å². The molecule has 0 saturated heterocycles. The maximum Gasteiger partial charge on any atom is 0.203 e. The molecular weight excluding hydrogens is 757 g/mol. The Balaban J connectivity index is 2.12. The first-order chi connectivity index (χ1) is 30.0. The van der Waals surface area contributed by atoms with Gasteiger partial charge in [-0.25, -0.2) is 0 Å². The van der Waals surface area contributed by atoms with Crippen molar-refractivity contribution in [2.45, 2.75) is 240 Å². The zero-order chi connectivity index (χ0) is 43.9. The molecule has 61 heavy (non-hydrogen) atoms. The minimum atomic E-state index is -0.247. The van der Waals surface area contributed by atoms with E-state index in [9.17, 15) is 9.59 Å². The molecule has 0 radical (unpaired) electrons. The highest BCUT2D eigenvalue weighted by Gasteiger charge is 2.21. The second-order valence-electron chi connectivity index (χ2n) is 17.6. The Kier molecular flexibility index (Phi) is 34.3. The third-order valence-corrected chi connectivity index (χ3v) is 11.9. The van der Waals surface area contributed by atoms with Gasteiger partial charge in [-0.2, -0.15) is 0 Å². The van der Waals surface area contributed by atoms with Crippen molar-refractivity contribution in [2.24, 2.45) is 0 Å². The molecule has 2 aromatic carbocycles. The maximum absolute atomic E-state index is 13.9. The summed E-state index contributed by atoms with van der Waals surface area (Å²) < 4.78 is 25.4. The van der Waals surface area contributed by atoms with E-state index in [1.54, 1.807) is 24.3 Å². The minimum absolute atomic E-state index is 0.211. The molecule has 0 saturated carbocycles. The first-order valence-electron chi connectivity index (χ1n) is 25.9. The lowest BCUT2D eigenvalue weighted by Gasteiger charge is -2.19. The molecule has 0 aliphatic rings. The molecular formula is C55H92O6. The van der Waals surface area contributed by atoms with E-state index >= 15 is 0 Å². The number of benzene rings is 2. The van der Waals surface area contributed by atoms with Gasteiger partial charge in [-0.05, 0) is 62.1 Å². The molecule has 6 nitrogen and oxygen atoms in total. The van der Waals surface area contributed by atoms with Crippen molar-refractivity contribution >= 4 is 11.6 Å². The summed E-state index contributed by atoms with van der Waals surface area (Å²) in [6.07, 6.45) is 39.0. The van der Waals surface area contributed by atoms with Crippen LogP contribution in [0.3, 0.4) is 0 Å². The van der Waals surface area contributed by atoms with Crippen molar-refractivity contribution in [2.75, 3.05) is 26.4 Å². The van der Waals surface area contributed by atoms with E-state index in [1.807, 2.05) is 12.1 Å². The Bertz CT molecular complexity index is 1290. The Labute approximate surface area is 375 Å². The van der Waals surface area contributed by atoms with Crippen molar-refractivity contribution < 1.29 is 28.5 Å². The monoisotopic (exact) mass is 849 g/mol. The Morgan fingerprint density at radius 3 is 1.00 bits per heavy atom. The van der Waals surface area contributed by atoms with Crippen molar-refractivity contribution in [1.29, 1.82) is 0 Å². The van der Waals surface area contributed by atoms with E-state index < -0.39 is 0 Å². The average molecular weight is 849 g/mol. The molecule has 0 N–H and O–H groups in total. The predicted octanol–water partition coefficient (Wildman–Crippen LogP) is 17.2. The summed E-state index contributed by atoms with van der Waals surface area (Å²) in [6, 6.07) is 10.8. The highest BCUT2D eigenvalue weighted by Crippen LogP contribution is 2.40. The van der Waals surface area contributed by atoms with Crippen molar-refractivity contribution in [3.63, 3.8) is 0 Å². The molecule has 0 aromatic heterocycles. The average Bonchev–Trinajstić information content (AvgIpc) is 3.27. The van der Waals surface area contributed by atoms with Crippen LogP contribution in [0.5, 0.6) is 23.0 Å². The summed E-state index contributed by atoms with van der Waals surface area (Å²) in [5, 5.41) is 0. The fraction of sp³-hybridized carbons (Fsp3) is 0.745. The van der Waals surface area contributed by atoms with Crippen LogP contribution in [0.1, 0.15) is 260 Å². The van der Waals surface area contributed by atoms with Crippen LogP contribution in [0.25, 0.3) is 0 Å². The summed E-state index contributed by atoms with van der Waals surface area (Å²) >= 11 is 0. The van der Waals surface area contributed by atoms with E-state index in [2.05, 4.69) is 27.7 Å². The fourth-order valence-corrected chi connectivity index (χ4v) is 7.85. The van der Waals surface area contributed by atoms with Gasteiger partial charge >= 0.3 is 0 Å². The first kappa shape index (κ1) is 54.1. The van der Waals surface area contributed by atoms with Crippen molar-refractivity contribution in [1.82, 2.24) is 0 Å². The lowest BCUT2D eigenvalue weighted by molar-refractivity contribution is 0.0893. The third-order valence-electron chi connectivity index (χ3n) is 11.9. The Morgan fingerprint density at radius 2 is 0.639 bits per heavy atom. The summed E-state index contributed by atoms with van der Waals surface area (Å²) in [7, 11) is 0. The van der Waals surface area contributed by atoms with Crippen molar-refractivity contribution in [3.05, 3.63) is 47.5 Å². The van der Waals surface area contributed by atoms with Gasteiger partial charge in [-0.3, -0.25) is 9.59 Å². The Morgan fingerprint density at radius 1 is 0.344 bits per heavy atom. The third kappa shape index (κ3) is 27.6. The minimum Gasteiger partial charge on any atom is -0.494 e. The highest BCUT2D eigenvalue weighted by molar-refractivity contribution is 6.13.